The lowest BCUT2D eigenvalue weighted by Gasteiger charge is -2.38. The number of rotatable bonds is 12. The maximum atomic E-state index is 13.3. The van der Waals surface area contributed by atoms with Gasteiger partial charge in [-0.3, -0.25) is 28.3 Å². The van der Waals surface area contributed by atoms with E-state index in [-0.39, 0.29) is 60.1 Å². The summed E-state index contributed by atoms with van der Waals surface area (Å²) in [7, 11) is -0.460. The lowest BCUT2D eigenvalue weighted by molar-refractivity contribution is -0.138. The topological polar surface area (TPSA) is 278 Å². The fourth-order valence-electron chi connectivity index (χ4n) is 12.7. The number of aromatic nitrogens is 10. The molecular formula is C66H78BBrN14O10. The molecule has 11 heterocycles. The smallest absolute Gasteiger partial charge is 0.399 e. The standard InChI is InChI=1S/C30H33N7O4.C27H34BN5O5.C9H11BrN2O/c38-24-9-12-35(17-24)26-8-5-22(15-31-26)20-3-6-23(7-4-20)37-27-25(16-33-37)29(40)36(19-32-27)18-30(41)10-13-34(14-11-30)28(39)21-1-2-21;1-25(2)26(3,4)38-28(37-25)19-7-9-20(10-8-19)33-22-21(15-30-33)24(35)32(17-29-22)16-27(36)11-13-31(14-12-27)23(34)18-5-6-18;10-7-1-2-9(11-5-7)12-4-3-8(13)6-12/h3-8,15-16,19,21,24,38,41H,1-2,9-14,17-18H2;7-10,15,17-18,36H,5-6,11-14,16H2,1-4H3;1-2,5,8,13H,3-4,6H2. The van der Waals surface area contributed by atoms with E-state index in [2.05, 4.69) is 55.9 Å². The summed E-state index contributed by atoms with van der Waals surface area (Å²) in [5, 5.41) is 51.1. The molecule has 24 nitrogen and oxygen atoms in total. The lowest BCUT2D eigenvalue weighted by Crippen LogP contribution is -2.50. The maximum Gasteiger partial charge on any atom is 0.494 e. The van der Waals surface area contributed by atoms with Crippen molar-refractivity contribution >= 4 is 74.0 Å². The zero-order valence-corrected chi connectivity index (χ0v) is 53.9. The first kappa shape index (κ1) is 63.1. The number of amides is 2. The number of fused-ring (bicyclic) bond motifs is 2. The largest absolute Gasteiger partial charge is 0.494 e. The summed E-state index contributed by atoms with van der Waals surface area (Å²) >= 11 is 3.34. The number of hydrogen-bond acceptors (Lipinski definition) is 18. The monoisotopic (exact) mass is 1320 g/mol. The van der Waals surface area contributed by atoms with Crippen LogP contribution in [0.3, 0.4) is 0 Å². The van der Waals surface area contributed by atoms with E-state index in [9.17, 15) is 39.6 Å². The fraction of sp³-hybridized carbons (Fsp3) is 0.485. The summed E-state index contributed by atoms with van der Waals surface area (Å²) in [6.45, 7) is 13.4. The van der Waals surface area contributed by atoms with Crippen LogP contribution in [-0.2, 0) is 32.0 Å². The van der Waals surface area contributed by atoms with Gasteiger partial charge in [-0.1, -0.05) is 24.3 Å². The van der Waals surface area contributed by atoms with E-state index in [1.54, 1.807) is 15.6 Å². The SMILES string of the molecule is CC1(C)OB(c2ccc(-n3ncc4c(=O)n(CC5(O)CCN(C(=O)C6CC6)CC5)cnc43)cc2)OC1(C)C.O=C(C1CC1)N1CCC(O)(Cn2cnc3c(cnn3-c3ccc(-c4ccc(N5CCC(O)C5)nc4)cc3)c2=O)CC1.OC1CCN(c2ccc(Br)cn2)C1. The number of nitrogens with zero attached hydrogens (tertiary/aromatic N) is 14. The molecule has 2 saturated carbocycles. The number of benzene rings is 2. The molecule has 0 bridgehead atoms. The van der Waals surface area contributed by atoms with Crippen LogP contribution in [-0.4, -0.2) is 185 Å². The van der Waals surface area contributed by atoms with Crippen molar-refractivity contribution in [3.63, 3.8) is 0 Å². The lowest BCUT2D eigenvalue weighted by atomic mass is 9.79. The quantitative estimate of drug-likeness (QED) is 0.117. The first-order chi connectivity index (χ1) is 44.1. The highest BCUT2D eigenvalue weighted by Gasteiger charge is 2.52. The van der Waals surface area contributed by atoms with Crippen LogP contribution in [0.25, 0.3) is 44.6 Å². The maximum absolute atomic E-state index is 13.3. The van der Waals surface area contributed by atoms with Gasteiger partial charge >= 0.3 is 7.12 Å². The van der Waals surface area contributed by atoms with Gasteiger partial charge in [-0.05, 0) is 167 Å². The molecule has 0 spiro atoms. The number of hydrogen-bond donors (Lipinski definition) is 4. The van der Waals surface area contributed by atoms with Crippen molar-refractivity contribution in [3.8, 4) is 22.5 Å². The number of halogens is 1. The number of carbonyl (C=O) groups excluding carboxylic acids is 2. The van der Waals surface area contributed by atoms with E-state index < -0.39 is 29.5 Å². The number of pyridine rings is 2. The molecule has 0 radical (unpaired) electrons. The highest BCUT2D eigenvalue weighted by Crippen LogP contribution is 2.38. The van der Waals surface area contributed by atoms with Crippen LogP contribution >= 0.6 is 15.9 Å². The van der Waals surface area contributed by atoms with E-state index in [1.807, 2.05) is 116 Å². The van der Waals surface area contributed by atoms with Gasteiger partial charge in [0.05, 0.1) is 71.5 Å². The molecule has 26 heteroatoms. The van der Waals surface area contributed by atoms with E-state index >= 15 is 0 Å². The number of β-amino-alcohol motifs (C(OH)–C–C–N with tert-alkyl or cyclic N) is 2. The number of aliphatic hydroxyl groups is 4. The second-order valence-corrected chi connectivity index (χ2v) is 27.7. The van der Waals surface area contributed by atoms with Gasteiger partial charge in [-0.25, -0.2) is 29.3 Å². The Morgan fingerprint density at radius 2 is 0.967 bits per heavy atom. The van der Waals surface area contributed by atoms with Crippen molar-refractivity contribution in [2.75, 3.05) is 62.2 Å². The molecule has 92 heavy (non-hydrogen) atoms. The second kappa shape index (κ2) is 25.3. The minimum atomic E-state index is -1.06. The molecule has 5 aliphatic heterocycles. The Labute approximate surface area is 540 Å². The number of piperidine rings is 2. The summed E-state index contributed by atoms with van der Waals surface area (Å²) in [4.78, 5) is 77.1. The zero-order chi connectivity index (χ0) is 64.3. The predicted molar refractivity (Wildman–Crippen MR) is 350 cm³/mol. The minimum absolute atomic E-state index is 0.130. The van der Waals surface area contributed by atoms with Crippen LogP contribution in [0.15, 0.2) is 124 Å². The molecular weight excluding hydrogens is 1240 g/mol. The highest BCUT2D eigenvalue weighted by molar-refractivity contribution is 9.10. The van der Waals surface area contributed by atoms with Crippen molar-refractivity contribution in [3.05, 3.63) is 135 Å². The number of anilines is 2. The Hall–Kier alpha value is -7.72. The van der Waals surface area contributed by atoms with Crippen LogP contribution in [0.2, 0.25) is 0 Å². The summed E-state index contributed by atoms with van der Waals surface area (Å²) in [5.41, 5.74) is 1.86. The Balaban J connectivity index is 0.000000141. The first-order valence-electron chi connectivity index (χ1n) is 32.0. The Kier molecular flexibility index (Phi) is 17.3. The molecule has 15 rings (SSSR count). The van der Waals surface area contributed by atoms with Gasteiger partial charge in [0, 0.05) is 86.6 Å². The number of likely N-dealkylation sites (tertiary alicyclic amines) is 2. The third kappa shape index (κ3) is 13.4. The Morgan fingerprint density at radius 3 is 1.36 bits per heavy atom. The van der Waals surface area contributed by atoms with Gasteiger partial charge in [-0.2, -0.15) is 10.2 Å². The summed E-state index contributed by atoms with van der Waals surface area (Å²) in [6.07, 6.45) is 16.3. The van der Waals surface area contributed by atoms with Gasteiger partial charge in [0.15, 0.2) is 11.3 Å². The molecule has 482 valence electrons. The average Bonchev–Trinajstić information content (AvgIpc) is 1.59. The molecule has 2 aromatic carbocycles. The van der Waals surface area contributed by atoms with Gasteiger partial charge < -0.3 is 49.3 Å². The van der Waals surface area contributed by atoms with Gasteiger partial charge in [-0.15, -0.1) is 0 Å². The minimum Gasteiger partial charge on any atom is -0.399 e. The van der Waals surface area contributed by atoms with Crippen molar-refractivity contribution in [1.82, 2.24) is 58.4 Å². The van der Waals surface area contributed by atoms with Crippen molar-refractivity contribution < 1.29 is 39.3 Å². The molecule has 7 fully saturated rings. The van der Waals surface area contributed by atoms with E-state index in [0.29, 0.717) is 87.0 Å². The first-order valence-corrected chi connectivity index (χ1v) is 32.8. The second-order valence-electron chi connectivity index (χ2n) is 26.8. The van der Waals surface area contributed by atoms with Crippen LogP contribution in [0.4, 0.5) is 11.6 Å². The van der Waals surface area contributed by atoms with Gasteiger partial charge in [0.2, 0.25) is 11.8 Å². The summed E-state index contributed by atoms with van der Waals surface area (Å²) in [5.74, 6) is 2.54. The van der Waals surface area contributed by atoms with Crippen LogP contribution in [0.5, 0.6) is 0 Å². The average molecular weight is 1320 g/mol. The Bertz CT molecular complexity index is 4080. The molecule has 4 N–H and O–H groups in total. The number of aliphatic hydroxyl groups excluding tert-OH is 2. The zero-order valence-electron chi connectivity index (χ0n) is 52.3. The van der Waals surface area contributed by atoms with E-state index in [0.717, 1.165) is 95.7 Å². The molecule has 2 atom stereocenters. The van der Waals surface area contributed by atoms with Gasteiger partial charge in [0.25, 0.3) is 11.1 Å². The van der Waals surface area contributed by atoms with E-state index in [4.69, 9.17) is 9.31 Å². The number of carbonyl (C=O) groups is 2. The molecule has 7 aliphatic rings. The third-order valence-corrected chi connectivity index (χ3v) is 19.9. The van der Waals surface area contributed by atoms with Crippen molar-refractivity contribution in [1.29, 1.82) is 0 Å². The summed E-state index contributed by atoms with van der Waals surface area (Å²) < 4.78 is 19.4. The summed E-state index contributed by atoms with van der Waals surface area (Å²) in [6, 6.07) is 23.4. The van der Waals surface area contributed by atoms with Crippen molar-refractivity contribution in [2.45, 2.75) is 140 Å². The van der Waals surface area contributed by atoms with E-state index in [1.165, 1.54) is 34.2 Å². The van der Waals surface area contributed by atoms with Gasteiger partial charge in [0.1, 0.15) is 35.1 Å². The molecule has 2 amide bonds. The van der Waals surface area contributed by atoms with Crippen LogP contribution in [0.1, 0.15) is 91.9 Å². The van der Waals surface area contributed by atoms with Crippen molar-refractivity contribution in [2.24, 2.45) is 11.8 Å². The van der Waals surface area contributed by atoms with Crippen LogP contribution in [0, 0.1) is 11.8 Å². The molecule has 2 aliphatic carbocycles. The normalized spacial score (nSPS) is 21.5. The molecule has 6 aromatic heterocycles. The molecule has 5 saturated heterocycles. The Morgan fingerprint density at radius 1 is 0.543 bits per heavy atom. The van der Waals surface area contributed by atoms with Crippen LogP contribution < -0.4 is 26.4 Å². The molecule has 8 aromatic rings. The predicted octanol–water partition coefficient (Wildman–Crippen LogP) is 5.04. The fourth-order valence-corrected chi connectivity index (χ4v) is 12.9. The molecule has 2 unspecified atom stereocenters. The third-order valence-electron chi connectivity index (χ3n) is 19.4. The highest BCUT2D eigenvalue weighted by atomic mass is 79.9.